The fourth-order valence-corrected chi connectivity index (χ4v) is 2.94. The molecule has 0 radical (unpaired) electrons. The third-order valence-corrected chi connectivity index (χ3v) is 4.33. The van der Waals surface area contributed by atoms with Crippen LogP contribution in [0.2, 0.25) is 0 Å². The van der Waals surface area contributed by atoms with Crippen molar-refractivity contribution in [1.29, 1.82) is 0 Å². The number of ether oxygens (including phenoxy) is 1. The van der Waals surface area contributed by atoms with Gasteiger partial charge in [0.25, 0.3) is 0 Å². The van der Waals surface area contributed by atoms with E-state index in [0.29, 0.717) is 0 Å². The molecular weight excluding hydrogens is 298 g/mol. The van der Waals surface area contributed by atoms with E-state index in [4.69, 9.17) is 4.74 Å². The van der Waals surface area contributed by atoms with Crippen LogP contribution in [-0.2, 0) is 16.1 Å². The molecule has 0 aromatic heterocycles. The van der Waals surface area contributed by atoms with Crippen molar-refractivity contribution in [3.8, 4) is 0 Å². The molecule has 2 atom stereocenters. The molecule has 1 aliphatic rings. The molecule has 0 spiro atoms. The molecule has 2 rings (SSSR count). The van der Waals surface area contributed by atoms with E-state index >= 15 is 0 Å². The summed E-state index contributed by atoms with van der Waals surface area (Å²) in [5.74, 6) is -0.972. The van der Waals surface area contributed by atoms with Crippen LogP contribution in [0.3, 0.4) is 0 Å². The van der Waals surface area contributed by atoms with Crippen LogP contribution >= 0.6 is 0 Å². The lowest BCUT2D eigenvalue weighted by atomic mass is 9.73. The minimum atomic E-state index is -1.14. The number of nitrogens with zero attached hydrogens (tertiary/aromatic N) is 1. The summed E-state index contributed by atoms with van der Waals surface area (Å²) in [4.78, 5) is 24.3. The van der Waals surface area contributed by atoms with Gasteiger partial charge in [-0.2, -0.15) is 0 Å². The Balaban J connectivity index is 2.20. The van der Waals surface area contributed by atoms with Crippen molar-refractivity contribution >= 4 is 12.1 Å². The Labute approximate surface area is 135 Å². The first kappa shape index (κ1) is 17.0. The summed E-state index contributed by atoms with van der Waals surface area (Å²) >= 11 is 0. The first-order valence-corrected chi connectivity index (χ1v) is 7.47. The highest BCUT2D eigenvalue weighted by Crippen LogP contribution is 2.38. The Morgan fingerprint density at radius 3 is 2.61 bits per heavy atom. The number of rotatable bonds is 6. The zero-order valence-corrected chi connectivity index (χ0v) is 12.9. The molecular formula is C17H21NO5. The number of allylic oxidation sites excluding steroid dienone is 1. The SMILES string of the molecule is C=CCC1(C(=O)O)CCN(C(=O)O)CC1OCc1ccccc1. The number of aliphatic carboxylic acids is 1. The van der Waals surface area contributed by atoms with Crippen molar-refractivity contribution in [2.75, 3.05) is 13.1 Å². The van der Waals surface area contributed by atoms with E-state index in [2.05, 4.69) is 6.58 Å². The first-order valence-electron chi connectivity index (χ1n) is 7.47. The highest BCUT2D eigenvalue weighted by Gasteiger charge is 2.50. The van der Waals surface area contributed by atoms with E-state index in [-0.39, 0.29) is 32.5 Å². The quantitative estimate of drug-likeness (QED) is 0.787. The second-order valence-corrected chi connectivity index (χ2v) is 5.72. The average molecular weight is 319 g/mol. The van der Waals surface area contributed by atoms with Crippen LogP contribution in [0.1, 0.15) is 18.4 Å². The van der Waals surface area contributed by atoms with Gasteiger partial charge < -0.3 is 19.8 Å². The van der Waals surface area contributed by atoms with Crippen molar-refractivity contribution in [1.82, 2.24) is 4.90 Å². The molecule has 6 nitrogen and oxygen atoms in total. The smallest absolute Gasteiger partial charge is 0.407 e. The van der Waals surface area contributed by atoms with E-state index < -0.39 is 23.6 Å². The van der Waals surface area contributed by atoms with Crippen molar-refractivity contribution in [2.24, 2.45) is 5.41 Å². The number of carboxylic acid groups (broad SMARTS) is 2. The Morgan fingerprint density at radius 2 is 2.04 bits per heavy atom. The summed E-state index contributed by atoms with van der Waals surface area (Å²) in [7, 11) is 0. The van der Waals surface area contributed by atoms with Crippen molar-refractivity contribution < 1.29 is 24.5 Å². The van der Waals surface area contributed by atoms with Crippen molar-refractivity contribution in [3.63, 3.8) is 0 Å². The average Bonchev–Trinajstić information content (AvgIpc) is 2.54. The lowest BCUT2D eigenvalue weighted by molar-refractivity contribution is -0.168. The molecule has 1 aromatic carbocycles. The van der Waals surface area contributed by atoms with Gasteiger partial charge in [0.15, 0.2) is 0 Å². The third-order valence-electron chi connectivity index (χ3n) is 4.33. The van der Waals surface area contributed by atoms with Crippen LogP contribution in [0, 0.1) is 5.41 Å². The molecule has 6 heteroatoms. The lowest BCUT2D eigenvalue weighted by Crippen LogP contribution is -2.56. The van der Waals surface area contributed by atoms with E-state index in [1.165, 1.54) is 4.90 Å². The van der Waals surface area contributed by atoms with Gasteiger partial charge in [-0.05, 0) is 18.4 Å². The maximum atomic E-state index is 11.9. The van der Waals surface area contributed by atoms with Crippen LogP contribution in [0.4, 0.5) is 4.79 Å². The van der Waals surface area contributed by atoms with E-state index in [1.807, 2.05) is 30.3 Å². The summed E-state index contributed by atoms with van der Waals surface area (Å²) in [6.45, 7) is 4.11. The largest absolute Gasteiger partial charge is 0.481 e. The number of benzene rings is 1. The van der Waals surface area contributed by atoms with Gasteiger partial charge in [-0.15, -0.1) is 6.58 Å². The van der Waals surface area contributed by atoms with Gasteiger partial charge in [-0.25, -0.2) is 4.79 Å². The Bertz CT molecular complexity index is 574. The monoisotopic (exact) mass is 319 g/mol. The summed E-state index contributed by atoms with van der Waals surface area (Å²) in [5, 5.41) is 18.9. The molecule has 1 saturated heterocycles. The van der Waals surface area contributed by atoms with Gasteiger partial charge in [0, 0.05) is 6.54 Å². The minimum Gasteiger partial charge on any atom is -0.481 e. The molecule has 124 valence electrons. The van der Waals surface area contributed by atoms with Crippen LogP contribution in [0.15, 0.2) is 43.0 Å². The summed E-state index contributed by atoms with van der Waals surface area (Å²) in [6, 6.07) is 9.39. The molecule has 1 heterocycles. The predicted octanol–water partition coefficient (Wildman–Crippen LogP) is 2.60. The molecule has 1 fully saturated rings. The highest BCUT2D eigenvalue weighted by atomic mass is 16.5. The predicted molar refractivity (Wildman–Crippen MR) is 84.1 cm³/mol. The molecule has 2 unspecified atom stereocenters. The topological polar surface area (TPSA) is 87.1 Å². The Kier molecular flexibility index (Phi) is 5.39. The summed E-state index contributed by atoms with van der Waals surface area (Å²) < 4.78 is 5.85. The molecule has 0 bridgehead atoms. The van der Waals surface area contributed by atoms with Gasteiger partial charge >= 0.3 is 12.1 Å². The minimum absolute atomic E-state index is 0.0440. The number of amides is 1. The fraction of sp³-hybridized carbons (Fsp3) is 0.412. The maximum Gasteiger partial charge on any atom is 0.407 e. The Morgan fingerprint density at radius 1 is 1.35 bits per heavy atom. The number of piperidine rings is 1. The second kappa shape index (κ2) is 7.28. The fourth-order valence-electron chi connectivity index (χ4n) is 2.94. The molecule has 23 heavy (non-hydrogen) atoms. The standard InChI is InChI=1S/C17H21NO5/c1-2-8-17(15(19)20)9-10-18(16(21)22)11-14(17)23-12-13-6-4-3-5-7-13/h2-7,14H,1,8-12H2,(H,19,20)(H,21,22). The van der Waals surface area contributed by atoms with Crippen LogP contribution in [0.5, 0.6) is 0 Å². The van der Waals surface area contributed by atoms with Gasteiger partial charge in [0.1, 0.15) is 5.41 Å². The molecule has 1 amide bonds. The normalized spacial score (nSPS) is 24.2. The number of hydrogen-bond acceptors (Lipinski definition) is 3. The lowest BCUT2D eigenvalue weighted by Gasteiger charge is -2.43. The second-order valence-electron chi connectivity index (χ2n) is 5.72. The number of carbonyl (C=O) groups is 2. The number of carboxylic acids is 1. The van der Waals surface area contributed by atoms with Gasteiger partial charge in [-0.3, -0.25) is 4.79 Å². The van der Waals surface area contributed by atoms with Crippen molar-refractivity contribution in [3.05, 3.63) is 48.6 Å². The molecule has 1 aliphatic heterocycles. The molecule has 0 aliphatic carbocycles. The third kappa shape index (κ3) is 3.71. The number of likely N-dealkylation sites (tertiary alicyclic amines) is 1. The first-order chi connectivity index (χ1) is 11.0. The van der Waals surface area contributed by atoms with Crippen molar-refractivity contribution in [2.45, 2.75) is 25.6 Å². The zero-order valence-electron chi connectivity index (χ0n) is 12.9. The molecule has 1 aromatic rings. The summed E-state index contributed by atoms with van der Waals surface area (Å²) in [5.41, 5.74) is -0.222. The number of hydrogen-bond donors (Lipinski definition) is 2. The van der Waals surface area contributed by atoms with Crippen LogP contribution in [0.25, 0.3) is 0 Å². The molecule has 2 N–H and O–H groups in total. The summed E-state index contributed by atoms with van der Waals surface area (Å²) in [6.07, 6.45) is 0.234. The Hall–Kier alpha value is -2.34. The highest BCUT2D eigenvalue weighted by molar-refractivity contribution is 5.76. The maximum absolute atomic E-state index is 11.9. The molecule has 0 saturated carbocycles. The zero-order chi connectivity index (χ0) is 16.9. The van der Waals surface area contributed by atoms with E-state index in [1.54, 1.807) is 6.08 Å². The van der Waals surface area contributed by atoms with E-state index in [0.717, 1.165) is 5.56 Å². The van der Waals surface area contributed by atoms with Crippen LogP contribution < -0.4 is 0 Å². The van der Waals surface area contributed by atoms with Gasteiger partial charge in [-0.1, -0.05) is 36.4 Å². The van der Waals surface area contributed by atoms with Gasteiger partial charge in [0.05, 0.1) is 19.3 Å². The van der Waals surface area contributed by atoms with Crippen LogP contribution in [-0.4, -0.2) is 46.4 Å². The van der Waals surface area contributed by atoms with Gasteiger partial charge in [0.2, 0.25) is 0 Å². The van der Waals surface area contributed by atoms with E-state index in [9.17, 15) is 19.8 Å².